The standard InChI is InChI=1S/C35H40F2N10O15P2S/c1-35(2,3)33(50)55-13-54-17-6-4-16(5-7-17)32(49)57-15-65-64(53)59-9-19-24(21(37)30(61-19)46-11-42-22-26(38)40-10-41-27(22)46)56-14-63(51,52)58-8-18-20(36)25(62-64)31(60-18)47-12-43-23-28(47)44-34(39)45-29(23)48/h4-7,10-12,18-21,24-25,30-31H,8-9,13-15H2,1-3H3,(H,51,52)(H2,38,40,41)(H3,39,44,45,48)/t18-,19-,20-,21-,24-,25-,30-,31-,64?/m1/s1. The lowest BCUT2D eigenvalue weighted by Gasteiger charge is -2.27. The highest BCUT2D eigenvalue weighted by molar-refractivity contribution is 8.55. The van der Waals surface area contributed by atoms with E-state index in [1.54, 1.807) is 20.8 Å². The van der Waals surface area contributed by atoms with Crippen molar-refractivity contribution in [2.45, 2.75) is 70.0 Å². The SMILES string of the molecule is CC(C)(C)C(=O)OCOc1ccc(C(=O)OCSP2(=O)OC[C@H]3O[C@@H](n4cnc5c(N)ncnc54)[C@H](F)[C@@H]3OCP(=O)(O)OC[C@H]3O[C@@H](n4cnc5c(=O)[nH]c(N)nc54)[C@H](O2)[C@@H]3F)cc1. The van der Waals surface area contributed by atoms with Gasteiger partial charge in [0.05, 0.1) is 36.8 Å². The quantitative estimate of drug-likeness (QED) is 0.0936. The summed E-state index contributed by atoms with van der Waals surface area (Å²) in [6, 6.07) is 5.51. The summed E-state index contributed by atoms with van der Waals surface area (Å²) < 4.78 is 114. The van der Waals surface area contributed by atoms with E-state index >= 15 is 8.78 Å². The van der Waals surface area contributed by atoms with E-state index in [1.807, 2.05) is 0 Å². The molecule has 3 fully saturated rings. The van der Waals surface area contributed by atoms with Crippen LogP contribution in [-0.4, -0.2) is 125 Å². The van der Waals surface area contributed by atoms with E-state index in [9.17, 15) is 28.4 Å². The van der Waals surface area contributed by atoms with Gasteiger partial charge in [0.2, 0.25) is 12.7 Å². The van der Waals surface area contributed by atoms with Gasteiger partial charge in [0, 0.05) is 11.4 Å². The number of imidazole rings is 2. The summed E-state index contributed by atoms with van der Waals surface area (Å²) >= 11 is 0.291. The van der Waals surface area contributed by atoms with Gasteiger partial charge in [-0.2, -0.15) is 4.98 Å². The molecular formula is C35H40F2N10O15P2S. The zero-order valence-corrected chi connectivity index (χ0v) is 36.8. The van der Waals surface area contributed by atoms with Gasteiger partial charge >= 0.3 is 26.3 Å². The fraction of sp³-hybridized carbons (Fsp3) is 0.486. The van der Waals surface area contributed by atoms with Crippen molar-refractivity contribution in [1.29, 1.82) is 0 Å². The summed E-state index contributed by atoms with van der Waals surface area (Å²) in [4.78, 5) is 71.0. The van der Waals surface area contributed by atoms with Crippen molar-refractivity contribution >= 4 is 71.8 Å². The Morgan fingerprint density at radius 2 is 1.62 bits per heavy atom. The van der Waals surface area contributed by atoms with Crippen molar-refractivity contribution in [1.82, 2.24) is 39.0 Å². The second kappa shape index (κ2) is 18.3. The minimum atomic E-state index is -4.85. The molecule has 65 heavy (non-hydrogen) atoms. The number of esters is 2. The number of aromatic amines is 1. The molecule has 0 radical (unpaired) electrons. The first-order valence-electron chi connectivity index (χ1n) is 19.3. The van der Waals surface area contributed by atoms with E-state index in [1.165, 1.54) is 35.2 Å². The highest BCUT2D eigenvalue weighted by Crippen LogP contribution is 2.64. The zero-order valence-electron chi connectivity index (χ0n) is 34.2. The lowest BCUT2D eigenvalue weighted by atomic mass is 9.98. The number of nitrogens with zero attached hydrogens (tertiary/aromatic N) is 7. The van der Waals surface area contributed by atoms with Crippen LogP contribution in [0, 0.1) is 5.41 Å². The van der Waals surface area contributed by atoms with Crippen molar-refractivity contribution in [3.05, 3.63) is 59.2 Å². The van der Waals surface area contributed by atoms with E-state index in [4.69, 9.17) is 53.5 Å². The average Bonchev–Trinajstić information content (AvgIpc) is 4.02. The molecule has 350 valence electrons. The van der Waals surface area contributed by atoms with Gasteiger partial charge in [0.15, 0.2) is 47.4 Å². The third-order valence-corrected chi connectivity index (χ3v) is 14.3. The number of carbonyl (C=O) groups excluding carboxylic acids is 2. The number of ether oxygens (including phenoxy) is 6. The number of fused-ring (bicyclic) bond motifs is 5. The number of nitrogens with one attached hydrogen (secondary N) is 1. The maximum absolute atomic E-state index is 16.6. The van der Waals surface area contributed by atoms with Crippen LogP contribution in [0.15, 0.2) is 48.0 Å². The zero-order chi connectivity index (χ0) is 46.4. The Labute approximate surface area is 368 Å². The number of hydrogen-bond donors (Lipinski definition) is 4. The molecule has 0 aliphatic carbocycles. The normalized spacial score (nSPS) is 29.9. The molecule has 7 heterocycles. The molecule has 2 unspecified atom stereocenters. The molecule has 3 aliphatic rings. The number of benzene rings is 1. The van der Waals surface area contributed by atoms with Gasteiger partial charge in [-0.1, -0.05) is 0 Å². The van der Waals surface area contributed by atoms with Gasteiger partial charge in [-0.15, -0.1) is 0 Å². The molecule has 25 nitrogen and oxygen atoms in total. The number of hydrogen-bond acceptors (Lipinski definition) is 22. The van der Waals surface area contributed by atoms with Crippen molar-refractivity contribution in [2.75, 3.05) is 43.8 Å². The number of nitrogens with two attached hydrogens (primary N) is 2. The third-order valence-electron chi connectivity index (χ3n) is 9.95. The monoisotopic (exact) mass is 972 g/mol. The number of carbonyl (C=O) groups is 2. The maximum atomic E-state index is 16.6. The first-order valence-corrected chi connectivity index (χ1v) is 24.2. The summed E-state index contributed by atoms with van der Waals surface area (Å²) in [5.41, 5.74) is 9.92. The molecule has 2 bridgehead atoms. The molecule has 1 aromatic carbocycles. The van der Waals surface area contributed by atoms with E-state index < -0.39 is 112 Å². The van der Waals surface area contributed by atoms with E-state index in [0.717, 1.165) is 17.2 Å². The van der Waals surface area contributed by atoms with Gasteiger partial charge in [-0.05, 0) is 45.0 Å². The van der Waals surface area contributed by atoms with Crippen molar-refractivity contribution in [3.63, 3.8) is 0 Å². The minimum absolute atomic E-state index is 0.0139. The summed E-state index contributed by atoms with van der Waals surface area (Å²) in [6.45, 7) is -1.96. The van der Waals surface area contributed by atoms with Gasteiger partial charge in [-0.3, -0.25) is 37.3 Å². The van der Waals surface area contributed by atoms with Crippen LogP contribution < -0.4 is 21.8 Å². The van der Waals surface area contributed by atoms with Gasteiger partial charge in [-0.25, -0.2) is 38.1 Å². The second-order valence-electron chi connectivity index (χ2n) is 15.5. The minimum Gasteiger partial charge on any atom is -0.457 e. The number of halogens is 2. The largest absolute Gasteiger partial charge is 0.457 e. The Morgan fingerprint density at radius 1 is 0.923 bits per heavy atom. The predicted octanol–water partition coefficient (Wildman–Crippen LogP) is 3.14. The smallest absolute Gasteiger partial charge is 0.393 e. The van der Waals surface area contributed by atoms with Crippen LogP contribution in [0.2, 0.25) is 0 Å². The predicted molar refractivity (Wildman–Crippen MR) is 219 cm³/mol. The Bertz CT molecular complexity index is 2740. The molecule has 8 rings (SSSR count). The van der Waals surface area contributed by atoms with E-state index in [2.05, 4.69) is 29.9 Å². The molecule has 0 saturated carbocycles. The molecule has 10 atom stereocenters. The number of rotatable bonds is 9. The average molecular weight is 973 g/mol. The number of anilines is 2. The lowest BCUT2D eigenvalue weighted by molar-refractivity contribution is -0.159. The number of aromatic nitrogens is 8. The second-order valence-corrected chi connectivity index (χ2v) is 21.3. The highest BCUT2D eigenvalue weighted by atomic mass is 32.7. The summed E-state index contributed by atoms with van der Waals surface area (Å²) in [7, 11) is -4.80. The maximum Gasteiger partial charge on any atom is 0.393 e. The summed E-state index contributed by atoms with van der Waals surface area (Å²) in [5.74, 6) is -2.26. The van der Waals surface area contributed by atoms with Crippen molar-refractivity contribution < 1.29 is 74.4 Å². The Balaban J connectivity index is 1.06. The summed E-state index contributed by atoms with van der Waals surface area (Å²) in [5, 5.41) is 0. The Morgan fingerprint density at radius 3 is 2.35 bits per heavy atom. The number of H-pyrrole nitrogens is 1. The molecule has 0 amide bonds. The molecular weight excluding hydrogens is 932 g/mol. The molecule has 5 aromatic rings. The van der Waals surface area contributed by atoms with Crippen LogP contribution in [0.5, 0.6) is 5.75 Å². The van der Waals surface area contributed by atoms with Crippen LogP contribution in [-0.2, 0) is 51.2 Å². The summed E-state index contributed by atoms with van der Waals surface area (Å²) in [6.07, 6.45) is -12.4. The molecule has 6 N–H and O–H groups in total. The molecule has 4 aromatic heterocycles. The number of alkyl halides is 2. The van der Waals surface area contributed by atoms with Crippen LogP contribution in [0.25, 0.3) is 22.3 Å². The topological polar surface area (TPSA) is 331 Å². The fourth-order valence-corrected chi connectivity index (χ4v) is 10.3. The van der Waals surface area contributed by atoms with Crippen molar-refractivity contribution in [2.24, 2.45) is 5.41 Å². The van der Waals surface area contributed by atoms with Crippen LogP contribution in [0.1, 0.15) is 43.6 Å². The first-order chi connectivity index (χ1) is 30.8. The van der Waals surface area contributed by atoms with Gasteiger partial charge in [0.25, 0.3) is 5.56 Å². The Kier molecular flexibility index (Phi) is 13.0. The highest BCUT2D eigenvalue weighted by Gasteiger charge is 2.54. The number of nitrogen functional groups attached to an aromatic ring is 2. The fourth-order valence-electron chi connectivity index (χ4n) is 6.70. The van der Waals surface area contributed by atoms with Gasteiger partial charge < -0.3 is 49.3 Å². The molecule has 3 saturated heterocycles. The Hall–Kier alpha value is -5.15. The first kappa shape index (κ1) is 46.4. The van der Waals surface area contributed by atoms with Crippen LogP contribution >= 0.6 is 25.8 Å². The third kappa shape index (κ3) is 9.87. The van der Waals surface area contributed by atoms with Crippen molar-refractivity contribution in [3.8, 4) is 5.75 Å². The molecule has 3 aliphatic heterocycles. The van der Waals surface area contributed by atoms with E-state index in [-0.39, 0.29) is 52.2 Å². The van der Waals surface area contributed by atoms with Crippen LogP contribution in [0.3, 0.4) is 0 Å². The van der Waals surface area contributed by atoms with E-state index in [0.29, 0.717) is 11.4 Å². The molecule has 30 heteroatoms. The lowest BCUT2D eigenvalue weighted by Crippen LogP contribution is -2.36. The van der Waals surface area contributed by atoms with Gasteiger partial charge in [0.1, 0.15) is 54.3 Å². The van der Waals surface area contributed by atoms with Crippen LogP contribution in [0.4, 0.5) is 20.5 Å². The molecule has 0 spiro atoms.